The van der Waals surface area contributed by atoms with Crippen LogP contribution in [0.4, 0.5) is 0 Å². The molecule has 0 aromatic heterocycles. The van der Waals surface area contributed by atoms with E-state index in [1.165, 1.54) is 6.42 Å². The van der Waals surface area contributed by atoms with Crippen molar-refractivity contribution in [2.24, 2.45) is 0 Å². The van der Waals surface area contributed by atoms with E-state index in [1.54, 1.807) is 18.2 Å². The summed E-state index contributed by atoms with van der Waals surface area (Å²) >= 11 is 6.03. The van der Waals surface area contributed by atoms with Crippen LogP contribution in [0.1, 0.15) is 61.0 Å². The van der Waals surface area contributed by atoms with Gasteiger partial charge in [-0.05, 0) is 55.7 Å². The predicted octanol–water partition coefficient (Wildman–Crippen LogP) is 5.58. The number of Topliss-reactive ketones (excluding diaryl/α,β-unsaturated/α-hetero) is 1. The molecule has 168 valence electrons. The minimum Gasteiger partial charge on any atom is -0.492 e. The summed E-state index contributed by atoms with van der Waals surface area (Å²) in [6, 6.07) is 16.3. The number of benzene rings is 2. The van der Waals surface area contributed by atoms with Gasteiger partial charge in [-0.15, -0.1) is 0 Å². The Morgan fingerprint density at radius 1 is 1.22 bits per heavy atom. The monoisotopic (exact) mass is 451 g/mol. The van der Waals surface area contributed by atoms with Gasteiger partial charge in [-0.2, -0.15) is 5.26 Å². The number of halogens is 1. The molecule has 2 N–H and O–H groups in total. The quantitative estimate of drug-likeness (QED) is 0.280. The molecule has 1 saturated carbocycles. The first-order valence-electron chi connectivity index (χ1n) is 11.1. The Morgan fingerprint density at radius 2 is 1.94 bits per heavy atom. The first-order chi connectivity index (χ1) is 15.4. The smallest absolute Gasteiger partial charge is 0.262 e. The summed E-state index contributed by atoms with van der Waals surface area (Å²) < 4.78 is 5.85. The maximum atomic E-state index is 11.5. The van der Waals surface area contributed by atoms with Gasteiger partial charge in [-0.3, -0.25) is 4.79 Å². The van der Waals surface area contributed by atoms with E-state index >= 15 is 0 Å². The highest BCUT2D eigenvalue weighted by molar-refractivity contribution is 6.30. The summed E-state index contributed by atoms with van der Waals surface area (Å²) in [6.07, 6.45) is 5.60. The Morgan fingerprint density at radius 3 is 2.59 bits per heavy atom. The molecule has 0 spiro atoms. The van der Waals surface area contributed by atoms with Crippen molar-refractivity contribution >= 4 is 17.4 Å². The van der Waals surface area contributed by atoms with Crippen molar-refractivity contribution in [3.8, 4) is 11.8 Å². The van der Waals surface area contributed by atoms with Gasteiger partial charge in [0.2, 0.25) is 0 Å². The van der Waals surface area contributed by atoms with Crippen molar-refractivity contribution in [1.82, 2.24) is 10.6 Å². The van der Waals surface area contributed by atoms with Crippen LogP contribution in [0, 0.1) is 11.3 Å². The van der Waals surface area contributed by atoms with Gasteiger partial charge in [0, 0.05) is 28.9 Å². The molecule has 2 aromatic rings. The molecule has 0 heterocycles. The van der Waals surface area contributed by atoms with Crippen LogP contribution >= 0.6 is 11.6 Å². The zero-order valence-electron chi connectivity index (χ0n) is 18.5. The molecule has 6 heteroatoms. The molecule has 1 aliphatic rings. The SMILES string of the molecule is C=C(NC(C)c1ccc(C(=O)C#N)cc1)C1(NCCOc2cccc(Cl)c2)CCCCC1. The van der Waals surface area contributed by atoms with Gasteiger partial charge >= 0.3 is 0 Å². The molecule has 1 aliphatic carbocycles. The highest BCUT2D eigenvalue weighted by atomic mass is 35.5. The first kappa shape index (κ1) is 23.8. The summed E-state index contributed by atoms with van der Waals surface area (Å²) in [4.78, 5) is 11.5. The predicted molar refractivity (Wildman–Crippen MR) is 128 cm³/mol. The van der Waals surface area contributed by atoms with E-state index in [-0.39, 0.29) is 11.6 Å². The molecule has 0 bridgehead atoms. The van der Waals surface area contributed by atoms with Crippen LogP contribution in [-0.2, 0) is 0 Å². The van der Waals surface area contributed by atoms with Crippen molar-refractivity contribution in [3.05, 3.63) is 77.0 Å². The van der Waals surface area contributed by atoms with Crippen LogP contribution in [0.5, 0.6) is 5.75 Å². The average Bonchev–Trinajstić information content (AvgIpc) is 2.82. The number of nitrogens with zero attached hydrogens (tertiary/aromatic N) is 1. The number of nitriles is 1. The topological polar surface area (TPSA) is 74.2 Å². The van der Waals surface area contributed by atoms with E-state index in [1.807, 2.05) is 36.4 Å². The lowest BCUT2D eigenvalue weighted by atomic mass is 9.79. The van der Waals surface area contributed by atoms with E-state index < -0.39 is 5.78 Å². The molecule has 0 aliphatic heterocycles. The van der Waals surface area contributed by atoms with Gasteiger partial charge in [0.05, 0.1) is 5.54 Å². The van der Waals surface area contributed by atoms with Gasteiger partial charge in [0.1, 0.15) is 18.4 Å². The molecule has 2 aromatic carbocycles. The molecule has 32 heavy (non-hydrogen) atoms. The Labute approximate surface area is 195 Å². The number of carbonyl (C=O) groups is 1. The molecule has 5 nitrogen and oxygen atoms in total. The number of rotatable bonds is 10. The van der Waals surface area contributed by atoms with Crippen LogP contribution in [0.25, 0.3) is 0 Å². The van der Waals surface area contributed by atoms with Crippen molar-refractivity contribution in [3.63, 3.8) is 0 Å². The fraction of sp³-hybridized carbons (Fsp3) is 0.385. The summed E-state index contributed by atoms with van der Waals surface area (Å²) in [5.41, 5.74) is 2.24. The van der Waals surface area contributed by atoms with Crippen LogP contribution in [0.2, 0.25) is 5.02 Å². The van der Waals surface area contributed by atoms with Gasteiger partial charge in [-0.1, -0.05) is 55.6 Å². The van der Waals surface area contributed by atoms with Gasteiger partial charge in [-0.25, -0.2) is 0 Å². The van der Waals surface area contributed by atoms with E-state index in [4.69, 9.17) is 21.6 Å². The molecule has 1 fully saturated rings. The Bertz CT molecular complexity index is 975. The third-order valence-corrected chi connectivity index (χ3v) is 6.32. The summed E-state index contributed by atoms with van der Waals surface area (Å²) in [7, 11) is 0. The van der Waals surface area contributed by atoms with Crippen LogP contribution in [0.3, 0.4) is 0 Å². The van der Waals surface area contributed by atoms with Crippen molar-refractivity contribution in [2.75, 3.05) is 13.2 Å². The second-order valence-electron chi connectivity index (χ2n) is 8.28. The van der Waals surface area contributed by atoms with Gasteiger partial charge < -0.3 is 15.4 Å². The standard InChI is InChI=1S/C26H30ClN3O2/c1-19(21-9-11-22(12-10-21)25(31)18-28)30-20(2)26(13-4-3-5-14-26)29-15-16-32-24-8-6-7-23(27)17-24/h6-12,17,19,29-30H,2-5,13-16H2,1H3. The number of ether oxygens (including phenoxy) is 1. The first-order valence-corrected chi connectivity index (χ1v) is 11.4. The van der Waals surface area contributed by atoms with E-state index in [2.05, 4.69) is 24.1 Å². The third-order valence-electron chi connectivity index (χ3n) is 6.08. The fourth-order valence-corrected chi connectivity index (χ4v) is 4.41. The minimum atomic E-state index is -0.521. The highest BCUT2D eigenvalue weighted by Crippen LogP contribution is 2.33. The largest absolute Gasteiger partial charge is 0.492 e. The molecular formula is C26H30ClN3O2. The normalized spacial score (nSPS) is 15.9. The van der Waals surface area contributed by atoms with Gasteiger partial charge in [0.15, 0.2) is 0 Å². The summed E-state index contributed by atoms with van der Waals surface area (Å²) in [5.74, 6) is 0.243. The molecule has 1 atom stereocenters. The third kappa shape index (κ3) is 6.12. The molecule has 0 radical (unpaired) electrons. The summed E-state index contributed by atoms with van der Waals surface area (Å²) in [5, 5.41) is 16.7. The second-order valence-corrected chi connectivity index (χ2v) is 8.72. The van der Waals surface area contributed by atoms with E-state index in [9.17, 15) is 4.79 Å². The van der Waals surface area contributed by atoms with Crippen LogP contribution in [-0.4, -0.2) is 24.5 Å². The van der Waals surface area contributed by atoms with E-state index in [0.29, 0.717) is 23.7 Å². The zero-order chi connectivity index (χ0) is 23.0. The number of hydrogen-bond acceptors (Lipinski definition) is 5. The van der Waals surface area contributed by atoms with Crippen molar-refractivity contribution in [1.29, 1.82) is 5.26 Å². The average molecular weight is 452 g/mol. The number of nitrogens with one attached hydrogen (secondary N) is 2. The molecule has 3 rings (SSSR count). The minimum absolute atomic E-state index is 0.0250. The number of ketones is 1. The molecule has 0 amide bonds. The zero-order valence-corrected chi connectivity index (χ0v) is 19.3. The lowest BCUT2D eigenvalue weighted by Gasteiger charge is -2.41. The Balaban J connectivity index is 1.59. The number of carbonyl (C=O) groups excluding carboxylic acids is 1. The highest BCUT2D eigenvalue weighted by Gasteiger charge is 2.35. The molecular weight excluding hydrogens is 422 g/mol. The Kier molecular flexibility index (Phi) is 8.33. The second kappa shape index (κ2) is 11.2. The molecule has 1 unspecified atom stereocenters. The summed E-state index contributed by atoms with van der Waals surface area (Å²) in [6.45, 7) is 7.71. The fourth-order valence-electron chi connectivity index (χ4n) is 4.23. The van der Waals surface area contributed by atoms with Crippen LogP contribution < -0.4 is 15.4 Å². The van der Waals surface area contributed by atoms with E-state index in [0.717, 1.165) is 42.7 Å². The van der Waals surface area contributed by atoms with Crippen molar-refractivity contribution < 1.29 is 9.53 Å². The lowest BCUT2D eigenvalue weighted by Crippen LogP contribution is -2.53. The maximum Gasteiger partial charge on any atom is 0.262 e. The Hall–Kier alpha value is -2.81. The van der Waals surface area contributed by atoms with Crippen LogP contribution in [0.15, 0.2) is 60.8 Å². The van der Waals surface area contributed by atoms with Crippen molar-refractivity contribution in [2.45, 2.75) is 50.6 Å². The maximum absolute atomic E-state index is 11.5. The molecule has 0 saturated heterocycles. The van der Waals surface area contributed by atoms with Gasteiger partial charge in [0.25, 0.3) is 5.78 Å². The lowest BCUT2D eigenvalue weighted by molar-refractivity contribution is 0.105. The number of hydrogen-bond donors (Lipinski definition) is 2.